The van der Waals surface area contributed by atoms with E-state index < -0.39 is 16.8 Å². The lowest BCUT2D eigenvalue weighted by atomic mass is 10.2. The number of hydrogen-bond acceptors (Lipinski definition) is 8. The van der Waals surface area contributed by atoms with Crippen LogP contribution in [0.5, 0.6) is 5.75 Å². The third-order valence-electron chi connectivity index (χ3n) is 3.68. The van der Waals surface area contributed by atoms with E-state index >= 15 is 0 Å². The van der Waals surface area contributed by atoms with Crippen LogP contribution in [0.4, 0.5) is 11.4 Å². The number of anilines is 1. The summed E-state index contributed by atoms with van der Waals surface area (Å²) in [5, 5.41) is 22.6. The number of esters is 1. The SMILES string of the molecule is COC(=O)C1=C(Nc2cc(Cl)c([N+](=O)[O-])cc2OC)C(=O)N(CCO)C1. The second-order valence-corrected chi connectivity index (χ2v) is 5.59. The Morgan fingerprint density at radius 2 is 2.15 bits per heavy atom. The van der Waals surface area contributed by atoms with Crippen molar-refractivity contribution in [1.82, 2.24) is 4.90 Å². The fourth-order valence-corrected chi connectivity index (χ4v) is 2.67. The first-order chi connectivity index (χ1) is 12.3. The zero-order valence-corrected chi connectivity index (χ0v) is 14.7. The quantitative estimate of drug-likeness (QED) is 0.402. The molecule has 0 radical (unpaired) electrons. The molecule has 26 heavy (non-hydrogen) atoms. The van der Waals surface area contributed by atoms with Gasteiger partial charge in [0, 0.05) is 6.54 Å². The van der Waals surface area contributed by atoms with Gasteiger partial charge in [0.05, 0.1) is 49.6 Å². The largest absolute Gasteiger partial charge is 0.494 e. The van der Waals surface area contributed by atoms with Crippen LogP contribution in [-0.2, 0) is 14.3 Å². The number of methoxy groups -OCH3 is 2. The Morgan fingerprint density at radius 3 is 2.69 bits per heavy atom. The van der Waals surface area contributed by atoms with E-state index in [2.05, 4.69) is 10.1 Å². The summed E-state index contributed by atoms with van der Waals surface area (Å²) in [4.78, 5) is 36.0. The van der Waals surface area contributed by atoms with Gasteiger partial charge in [-0.15, -0.1) is 0 Å². The minimum absolute atomic E-state index is 0.0304. The molecule has 0 aliphatic carbocycles. The van der Waals surface area contributed by atoms with Crippen molar-refractivity contribution < 1.29 is 29.1 Å². The first kappa shape index (κ1) is 19.5. The van der Waals surface area contributed by atoms with Gasteiger partial charge in [0.1, 0.15) is 16.5 Å². The summed E-state index contributed by atoms with van der Waals surface area (Å²) in [6.45, 7) is -0.291. The topological polar surface area (TPSA) is 131 Å². The summed E-state index contributed by atoms with van der Waals surface area (Å²) in [6, 6.07) is 2.33. The van der Waals surface area contributed by atoms with E-state index in [0.29, 0.717) is 0 Å². The lowest BCUT2D eigenvalue weighted by Crippen LogP contribution is -2.31. The van der Waals surface area contributed by atoms with E-state index in [1.54, 1.807) is 0 Å². The van der Waals surface area contributed by atoms with Gasteiger partial charge >= 0.3 is 5.97 Å². The number of hydrogen-bond donors (Lipinski definition) is 2. The monoisotopic (exact) mass is 385 g/mol. The van der Waals surface area contributed by atoms with Gasteiger partial charge in [-0.1, -0.05) is 11.6 Å². The van der Waals surface area contributed by atoms with Crippen molar-refractivity contribution in [2.75, 3.05) is 39.2 Å². The molecule has 1 aromatic carbocycles. The van der Waals surface area contributed by atoms with Crippen LogP contribution in [-0.4, -0.2) is 60.7 Å². The Balaban J connectivity index is 2.46. The predicted molar refractivity (Wildman–Crippen MR) is 91.0 cm³/mol. The fraction of sp³-hybridized carbons (Fsp3) is 0.333. The van der Waals surface area contributed by atoms with E-state index in [-0.39, 0.29) is 53.1 Å². The fourth-order valence-electron chi connectivity index (χ4n) is 2.43. The molecule has 1 aliphatic rings. The van der Waals surface area contributed by atoms with Crippen LogP contribution in [0.15, 0.2) is 23.4 Å². The maximum Gasteiger partial charge on any atom is 0.337 e. The molecule has 0 atom stereocenters. The molecular weight excluding hydrogens is 370 g/mol. The van der Waals surface area contributed by atoms with Crippen LogP contribution in [0.1, 0.15) is 0 Å². The number of ether oxygens (including phenoxy) is 2. The zero-order chi connectivity index (χ0) is 19.4. The number of halogens is 1. The number of nitrogens with zero attached hydrogens (tertiary/aromatic N) is 2. The molecular formula is C15H16ClN3O7. The summed E-state index contributed by atoms with van der Waals surface area (Å²) >= 11 is 5.91. The Labute approximate surface area is 153 Å². The molecule has 140 valence electrons. The molecule has 0 saturated carbocycles. The maximum absolute atomic E-state index is 12.5. The summed E-state index contributed by atoms with van der Waals surface area (Å²) in [5.41, 5.74) is -0.217. The first-order valence-electron chi connectivity index (χ1n) is 7.34. The first-order valence-corrected chi connectivity index (χ1v) is 7.72. The Kier molecular flexibility index (Phi) is 6.01. The number of nitrogens with one attached hydrogen (secondary N) is 1. The van der Waals surface area contributed by atoms with Gasteiger partial charge in [0.2, 0.25) is 0 Å². The summed E-state index contributed by atoms with van der Waals surface area (Å²) in [7, 11) is 2.47. The van der Waals surface area contributed by atoms with Crippen molar-refractivity contribution in [2.45, 2.75) is 0 Å². The number of benzene rings is 1. The smallest absolute Gasteiger partial charge is 0.337 e. The van der Waals surface area contributed by atoms with Crippen LogP contribution in [0.25, 0.3) is 0 Å². The number of carbonyl (C=O) groups is 2. The summed E-state index contributed by atoms with van der Waals surface area (Å²) < 4.78 is 9.79. The second-order valence-electron chi connectivity index (χ2n) is 5.18. The maximum atomic E-state index is 12.5. The number of nitro benzene ring substituents is 1. The van der Waals surface area contributed by atoms with Gasteiger partial charge in [-0.05, 0) is 6.07 Å². The zero-order valence-electron chi connectivity index (χ0n) is 13.9. The molecule has 0 saturated heterocycles. The van der Waals surface area contributed by atoms with Crippen molar-refractivity contribution in [3.63, 3.8) is 0 Å². The predicted octanol–water partition coefficient (Wildman–Crippen LogP) is 0.930. The minimum Gasteiger partial charge on any atom is -0.494 e. The summed E-state index contributed by atoms with van der Waals surface area (Å²) in [6.07, 6.45) is 0. The van der Waals surface area contributed by atoms with Crippen molar-refractivity contribution in [3.8, 4) is 5.75 Å². The van der Waals surface area contributed by atoms with Gasteiger partial charge in [0.25, 0.3) is 11.6 Å². The Hall–Kier alpha value is -2.85. The van der Waals surface area contributed by atoms with Crippen molar-refractivity contribution in [2.24, 2.45) is 0 Å². The molecule has 1 aliphatic heterocycles. The lowest BCUT2D eigenvalue weighted by Gasteiger charge is -2.16. The van der Waals surface area contributed by atoms with Gasteiger partial charge in [-0.3, -0.25) is 14.9 Å². The molecule has 2 N–H and O–H groups in total. The molecule has 0 aromatic heterocycles. The molecule has 1 amide bonds. The lowest BCUT2D eigenvalue weighted by molar-refractivity contribution is -0.384. The van der Waals surface area contributed by atoms with Crippen LogP contribution >= 0.6 is 11.6 Å². The van der Waals surface area contributed by atoms with E-state index in [0.717, 1.165) is 6.07 Å². The summed E-state index contributed by atoms with van der Waals surface area (Å²) in [5.74, 6) is -1.18. The number of nitro groups is 1. The van der Waals surface area contributed by atoms with E-state index in [1.165, 1.54) is 25.2 Å². The van der Waals surface area contributed by atoms with E-state index in [4.69, 9.17) is 21.4 Å². The highest BCUT2D eigenvalue weighted by Crippen LogP contribution is 2.37. The highest BCUT2D eigenvalue weighted by molar-refractivity contribution is 6.33. The Bertz CT molecular complexity index is 794. The van der Waals surface area contributed by atoms with Crippen LogP contribution in [0.3, 0.4) is 0 Å². The second kappa shape index (κ2) is 8.02. The third-order valence-corrected chi connectivity index (χ3v) is 3.98. The van der Waals surface area contributed by atoms with Crippen molar-refractivity contribution >= 4 is 34.9 Å². The number of β-amino-alcohol motifs (C(OH)–C–C–N with tert-alkyl or cyclic N) is 1. The highest BCUT2D eigenvalue weighted by atomic mass is 35.5. The molecule has 2 rings (SSSR count). The number of rotatable bonds is 7. The average Bonchev–Trinajstić information content (AvgIpc) is 2.91. The minimum atomic E-state index is -0.715. The third kappa shape index (κ3) is 3.70. The molecule has 0 bridgehead atoms. The average molecular weight is 386 g/mol. The molecule has 1 heterocycles. The highest BCUT2D eigenvalue weighted by Gasteiger charge is 2.35. The molecule has 0 fully saturated rings. The number of amides is 1. The molecule has 0 spiro atoms. The van der Waals surface area contributed by atoms with E-state index in [1.807, 2.05) is 0 Å². The van der Waals surface area contributed by atoms with Gasteiger partial charge in [0.15, 0.2) is 0 Å². The Morgan fingerprint density at radius 1 is 1.46 bits per heavy atom. The normalized spacial score (nSPS) is 13.8. The number of carbonyl (C=O) groups excluding carboxylic acids is 2. The van der Waals surface area contributed by atoms with Crippen LogP contribution in [0, 0.1) is 10.1 Å². The van der Waals surface area contributed by atoms with Crippen molar-refractivity contribution in [3.05, 3.63) is 38.5 Å². The standard InChI is InChI=1S/C15H16ClN3O7/c1-25-12-6-11(19(23)24)9(16)5-10(12)17-13-8(15(22)26-2)7-18(3-4-20)14(13)21/h5-6,17,20H,3-4,7H2,1-2H3. The van der Waals surface area contributed by atoms with Gasteiger partial charge < -0.3 is 24.8 Å². The van der Waals surface area contributed by atoms with Gasteiger partial charge in [-0.2, -0.15) is 0 Å². The van der Waals surface area contributed by atoms with Gasteiger partial charge in [-0.25, -0.2) is 4.79 Å². The number of aliphatic hydroxyl groups is 1. The molecule has 11 heteroatoms. The van der Waals surface area contributed by atoms with E-state index in [9.17, 15) is 19.7 Å². The molecule has 0 unspecified atom stereocenters. The number of aliphatic hydroxyl groups excluding tert-OH is 1. The molecule has 10 nitrogen and oxygen atoms in total. The van der Waals surface area contributed by atoms with Crippen molar-refractivity contribution in [1.29, 1.82) is 0 Å². The molecule has 1 aromatic rings. The van der Waals surface area contributed by atoms with Crippen LogP contribution < -0.4 is 10.1 Å². The van der Waals surface area contributed by atoms with Crippen LogP contribution in [0.2, 0.25) is 5.02 Å².